The van der Waals surface area contributed by atoms with Gasteiger partial charge in [0.1, 0.15) is 5.75 Å². The molecular weight excluding hydrogens is 226 g/mol. The van der Waals surface area contributed by atoms with Gasteiger partial charge in [-0.25, -0.2) is 0 Å². The molecule has 0 radical (unpaired) electrons. The van der Waals surface area contributed by atoms with Crippen LogP contribution >= 0.6 is 0 Å². The predicted octanol–water partition coefficient (Wildman–Crippen LogP) is 2.99. The van der Waals surface area contributed by atoms with Crippen molar-refractivity contribution in [2.45, 2.75) is 32.1 Å². The third-order valence-corrected chi connectivity index (χ3v) is 3.93. The van der Waals surface area contributed by atoms with Crippen molar-refractivity contribution in [1.29, 1.82) is 0 Å². The van der Waals surface area contributed by atoms with Gasteiger partial charge >= 0.3 is 0 Å². The van der Waals surface area contributed by atoms with Crippen LogP contribution in [0.3, 0.4) is 0 Å². The summed E-state index contributed by atoms with van der Waals surface area (Å²) in [4.78, 5) is 13.5. The molecule has 96 valence electrons. The zero-order chi connectivity index (χ0) is 12.4. The Bertz CT molecular complexity index is 423. The fraction of sp³-hybridized carbons (Fsp3) is 0.533. The lowest BCUT2D eigenvalue weighted by Gasteiger charge is -2.25. The summed E-state index contributed by atoms with van der Waals surface area (Å²) >= 11 is 0. The van der Waals surface area contributed by atoms with E-state index in [0.29, 0.717) is 6.42 Å². The maximum atomic E-state index is 11.6. The SMILES string of the molecule is O=C1CCCN1c1ccc(OCC2CCC2)cc1. The Labute approximate surface area is 108 Å². The number of carbonyl (C=O) groups excluding carboxylic acids is 1. The number of amides is 1. The molecule has 1 heterocycles. The summed E-state index contributed by atoms with van der Waals surface area (Å²) in [5, 5.41) is 0. The molecule has 1 saturated carbocycles. The fourth-order valence-electron chi connectivity index (χ4n) is 2.52. The highest BCUT2D eigenvalue weighted by Gasteiger charge is 2.21. The zero-order valence-electron chi connectivity index (χ0n) is 10.6. The third kappa shape index (κ3) is 2.35. The predicted molar refractivity (Wildman–Crippen MR) is 70.9 cm³/mol. The van der Waals surface area contributed by atoms with Crippen LogP contribution in [-0.2, 0) is 4.79 Å². The average Bonchev–Trinajstić information content (AvgIpc) is 2.74. The molecule has 2 fully saturated rings. The topological polar surface area (TPSA) is 29.5 Å². The van der Waals surface area contributed by atoms with E-state index in [2.05, 4.69) is 0 Å². The van der Waals surface area contributed by atoms with Crippen LogP contribution in [0.4, 0.5) is 5.69 Å². The first-order chi connectivity index (χ1) is 8.83. The van der Waals surface area contributed by atoms with Gasteiger partial charge in [0, 0.05) is 18.7 Å². The summed E-state index contributed by atoms with van der Waals surface area (Å²) < 4.78 is 5.75. The van der Waals surface area contributed by atoms with Crippen molar-refractivity contribution in [1.82, 2.24) is 0 Å². The number of rotatable bonds is 4. The van der Waals surface area contributed by atoms with Crippen LogP contribution in [0.1, 0.15) is 32.1 Å². The van der Waals surface area contributed by atoms with E-state index in [1.165, 1.54) is 19.3 Å². The molecule has 0 bridgehead atoms. The minimum absolute atomic E-state index is 0.234. The maximum Gasteiger partial charge on any atom is 0.227 e. The fourth-order valence-corrected chi connectivity index (χ4v) is 2.52. The van der Waals surface area contributed by atoms with E-state index in [0.717, 1.165) is 36.9 Å². The molecule has 1 aromatic rings. The second kappa shape index (κ2) is 5.01. The number of anilines is 1. The van der Waals surface area contributed by atoms with Gasteiger partial charge in [0.05, 0.1) is 6.61 Å². The van der Waals surface area contributed by atoms with E-state index < -0.39 is 0 Å². The summed E-state index contributed by atoms with van der Waals surface area (Å²) in [6.07, 6.45) is 5.61. The number of benzene rings is 1. The first kappa shape index (κ1) is 11.6. The zero-order valence-corrected chi connectivity index (χ0v) is 10.6. The Morgan fingerprint density at radius 2 is 1.94 bits per heavy atom. The summed E-state index contributed by atoms with van der Waals surface area (Å²) in [6.45, 7) is 1.68. The van der Waals surface area contributed by atoms with Gasteiger partial charge in [0.2, 0.25) is 5.91 Å². The molecule has 0 unspecified atom stereocenters. The average molecular weight is 245 g/mol. The summed E-state index contributed by atoms with van der Waals surface area (Å²) in [5.74, 6) is 1.90. The van der Waals surface area contributed by atoms with Crippen molar-refractivity contribution in [3.05, 3.63) is 24.3 Å². The minimum Gasteiger partial charge on any atom is -0.493 e. The Hall–Kier alpha value is -1.51. The van der Waals surface area contributed by atoms with Crippen LogP contribution < -0.4 is 9.64 Å². The smallest absolute Gasteiger partial charge is 0.227 e. The molecule has 1 saturated heterocycles. The number of nitrogens with zero attached hydrogens (tertiary/aromatic N) is 1. The quantitative estimate of drug-likeness (QED) is 0.816. The Balaban J connectivity index is 1.59. The second-order valence-corrected chi connectivity index (χ2v) is 5.25. The standard InChI is InChI=1S/C15H19NO2/c17-15-5-2-10-16(15)13-6-8-14(9-7-13)18-11-12-3-1-4-12/h6-9,12H,1-5,10-11H2. The molecule has 18 heavy (non-hydrogen) atoms. The van der Waals surface area contributed by atoms with Gasteiger partial charge in [-0.15, -0.1) is 0 Å². The maximum absolute atomic E-state index is 11.6. The highest BCUT2D eigenvalue weighted by Crippen LogP contribution is 2.28. The van der Waals surface area contributed by atoms with E-state index >= 15 is 0 Å². The van der Waals surface area contributed by atoms with Gasteiger partial charge in [-0.05, 0) is 49.4 Å². The van der Waals surface area contributed by atoms with Crippen molar-refractivity contribution >= 4 is 11.6 Å². The van der Waals surface area contributed by atoms with E-state index in [-0.39, 0.29) is 5.91 Å². The van der Waals surface area contributed by atoms with Crippen molar-refractivity contribution < 1.29 is 9.53 Å². The van der Waals surface area contributed by atoms with E-state index in [1.807, 2.05) is 29.2 Å². The van der Waals surface area contributed by atoms with Crippen molar-refractivity contribution in [3.8, 4) is 5.75 Å². The van der Waals surface area contributed by atoms with Crippen LogP contribution in [0.2, 0.25) is 0 Å². The Kier molecular flexibility index (Phi) is 3.22. The molecule has 3 rings (SSSR count). The van der Waals surface area contributed by atoms with Crippen molar-refractivity contribution in [2.75, 3.05) is 18.1 Å². The first-order valence-corrected chi connectivity index (χ1v) is 6.86. The largest absolute Gasteiger partial charge is 0.493 e. The number of hydrogen-bond acceptors (Lipinski definition) is 2. The Morgan fingerprint density at radius 1 is 1.17 bits per heavy atom. The number of hydrogen-bond donors (Lipinski definition) is 0. The van der Waals surface area contributed by atoms with Crippen LogP contribution in [0.5, 0.6) is 5.75 Å². The van der Waals surface area contributed by atoms with Gasteiger partial charge in [0.15, 0.2) is 0 Å². The molecule has 3 nitrogen and oxygen atoms in total. The monoisotopic (exact) mass is 245 g/mol. The highest BCUT2D eigenvalue weighted by molar-refractivity contribution is 5.95. The molecule has 1 aliphatic carbocycles. The summed E-state index contributed by atoms with van der Waals surface area (Å²) in [7, 11) is 0. The van der Waals surface area contributed by atoms with E-state index in [9.17, 15) is 4.79 Å². The molecular formula is C15H19NO2. The molecule has 0 spiro atoms. The molecule has 0 N–H and O–H groups in total. The van der Waals surface area contributed by atoms with Gasteiger partial charge in [-0.3, -0.25) is 4.79 Å². The molecule has 0 aromatic heterocycles. The summed E-state index contributed by atoms with van der Waals surface area (Å²) in [6, 6.07) is 7.91. The van der Waals surface area contributed by atoms with E-state index in [4.69, 9.17) is 4.74 Å². The lowest BCUT2D eigenvalue weighted by molar-refractivity contribution is -0.117. The molecule has 0 atom stereocenters. The van der Waals surface area contributed by atoms with E-state index in [1.54, 1.807) is 0 Å². The number of carbonyl (C=O) groups is 1. The molecule has 2 aliphatic rings. The number of ether oxygens (including phenoxy) is 1. The highest BCUT2D eigenvalue weighted by atomic mass is 16.5. The lowest BCUT2D eigenvalue weighted by Crippen LogP contribution is -2.23. The van der Waals surface area contributed by atoms with Gasteiger partial charge in [-0.1, -0.05) is 6.42 Å². The van der Waals surface area contributed by atoms with Gasteiger partial charge < -0.3 is 9.64 Å². The van der Waals surface area contributed by atoms with Crippen LogP contribution in [-0.4, -0.2) is 19.1 Å². The molecule has 1 aromatic carbocycles. The van der Waals surface area contributed by atoms with Crippen molar-refractivity contribution in [3.63, 3.8) is 0 Å². The van der Waals surface area contributed by atoms with Crippen LogP contribution in [0.15, 0.2) is 24.3 Å². The summed E-state index contributed by atoms with van der Waals surface area (Å²) in [5.41, 5.74) is 0.994. The first-order valence-electron chi connectivity index (χ1n) is 6.86. The van der Waals surface area contributed by atoms with Crippen LogP contribution in [0.25, 0.3) is 0 Å². The second-order valence-electron chi connectivity index (χ2n) is 5.25. The van der Waals surface area contributed by atoms with Gasteiger partial charge in [0.25, 0.3) is 0 Å². The third-order valence-electron chi connectivity index (χ3n) is 3.93. The van der Waals surface area contributed by atoms with Crippen molar-refractivity contribution in [2.24, 2.45) is 5.92 Å². The molecule has 3 heteroatoms. The van der Waals surface area contributed by atoms with Crippen LogP contribution in [0, 0.1) is 5.92 Å². The minimum atomic E-state index is 0.234. The molecule has 1 amide bonds. The van der Waals surface area contributed by atoms with Gasteiger partial charge in [-0.2, -0.15) is 0 Å². The normalized spacial score (nSPS) is 20.0. The Morgan fingerprint density at radius 3 is 2.50 bits per heavy atom. The lowest BCUT2D eigenvalue weighted by atomic mass is 9.86. The molecule has 1 aliphatic heterocycles.